The van der Waals surface area contributed by atoms with Crippen LogP contribution in [0, 0.1) is 0 Å². The van der Waals surface area contributed by atoms with Crippen molar-refractivity contribution in [2.24, 2.45) is 0 Å². The van der Waals surface area contributed by atoms with E-state index in [1.165, 1.54) is 42.1 Å². The van der Waals surface area contributed by atoms with Gasteiger partial charge in [0.1, 0.15) is 11.2 Å². The summed E-state index contributed by atoms with van der Waals surface area (Å²) in [5.41, 5.74) is 6.32. The summed E-state index contributed by atoms with van der Waals surface area (Å²) in [6, 6.07) is 43.2. The monoisotopic (exact) mass is 491 g/mol. The molecule has 8 aromatic rings. The van der Waals surface area contributed by atoms with Crippen LogP contribution in [0.4, 0.5) is 11.4 Å². The van der Waals surface area contributed by atoms with E-state index in [9.17, 15) is 0 Å². The van der Waals surface area contributed by atoms with Gasteiger partial charge in [0.15, 0.2) is 0 Å². The first-order chi connectivity index (χ1) is 18.3. The molecule has 0 bridgehead atoms. The van der Waals surface area contributed by atoms with E-state index < -0.39 is 0 Å². The van der Waals surface area contributed by atoms with E-state index in [1.54, 1.807) is 0 Å². The van der Waals surface area contributed by atoms with Gasteiger partial charge in [0.2, 0.25) is 0 Å². The molecule has 0 amide bonds. The number of furan rings is 1. The van der Waals surface area contributed by atoms with E-state index in [-0.39, 0.29) is 0 Å². The SMILES string of the molecule is c1ccc2cc3c(cc2c1)oc1cc(Nc2ccc(-c4ccc5sc6ccccc6c5c4)cc2)ccc13. The molecule has 0 atom stereocenters. The van der Waals surface area contributed by atoms with Crippen LogP contribution < -0.4 is 5.32 Å². The Morgan fingerprint density at radius 1 is 0.459 bits per heavy atom. The first kappa shape index (κ1) is 20.6. The normalized spacial score (nSPS) is 11.8. The molecule has 37 heavy (non-hydrogen) atoms. The number of hydrogen-bond acceptors (Lipinski definition) is 3. The van der Waals surface area contributed by atoms with Crippen molar-refractivity contribution in [3.63, 3.8) is 0 Å². The quantitative estimate of drug-likeness (QED) is 0.266. The molecule has 174 valence electrons. The van der Waals surface area contributed by atoms with Gasteiger partial charge in [0.05, 0.1) is 0 Å². The molecular formula is C34H21NOS. The molecule has 0 unspecified atom stereocenters. The summed E-state index contributed by atoms with van der Waals surface area (Å²) in [7, 11) is 0. The van der Waals surface area contributed by atoms with Crippen molar-refractivity contribution in [3.05, 3.63) is 121 Å². The Hall–Kier alpha value is -4.60. The van der Waals surface area contributed by atoms with Gasteiger partial charge in [0.25, 0.3) is 0 Å². The van der Waals surface area contributed by atoms with Gasteiger partial charge in [-0.1, -0.05) is 60.7 Å². The molecule has 0 saturated heterocycles. The lowest BCUT2D eigenvalue weighted by Gasteiger charge is -2.08. The molecule has 2 nitrogen and oxygen atoms in total. The van der Waals surface area contributed by atoms with Gasteiger partial charge in [-0.3, -0.25) is 0 Å². The highest BCUT2D eigenvalue weighted by molar-refractivity contribution is 7.25. The van der Waals surface area contributed by atoms with Crippen molar-refractivity contribution in [2.75, 3.05) is 5.32 Å². The Labute approximate surface area is 217 Å². The van der Waals surface area contributed by atoms with Crippen molar-refractivity contribution in [1.82, 2.24) is 0 Å². The van der Waals surface area contributed by atoms with Gasteiger partial charge in [0, 0.05) is 48.4 Å². The summed E-state index contributed by atoms with van der Waals surface area (Å²) in [5.74, 6) is 0. The maximum Gasteiger partial charge on any atom is 0.137 e. The van der Waals surface area contributed by atoms with Crippen molar-refractivity contribution in [3.8, 4) is 11.1 Å². The van der Waals surface area contributed by atoms with E-state index in [1.807, 2.05) is 11.3 Å². The van der Waals surface area contributed by atoms with Crippen LogP contribution in [0.3, 0.4) is 0 Å². The topological polar surface area (TPSA) is 25.2 Å². The molecule has 0 aliphatic carbocycles. The molecule has 8 rings (SSSR count). The molecular weight excluding hydrogens is 470 g/mol. The Morgan fingerprint density at radius 3 is 2.05 bits per heavy atom. The summed E-state index contributed by atoms with van der Waals surface area (Å²) in [6.07, 6.45) is 0. The molecule has 0 radical (unpaired) electrons. The molecule has 0 aliphatic heterocycles. The lowest BCUT2D eigenvalue weighted by atomic mass is 10.0. The molecule has 0 spiro atoms. The van der Waals surface area contributed by atoms with Crippen LogP contribution in [-0.4, -0.2) is 0 Å². The van der Waals surface area contributed by atoms with E-state index in [0.717, 1.165) is 33.3 Å². The van der Waals surface area contributed by atoms with Crippen molar-refractivity contribution in [2.45, 2.75) is 0 Å². The van der Waals surface area contributed by atoms with E-state index >= 15 is 0 Å². The minimum Gasteiger partial charge on any atom is -0.456 e. The van der Waals surface area contributed by atoms with Crippen LogP contribution in [0.15, 0.2) is 126 Å². The second kappa shape index (κ2) is 7.95. The van der Waals surface area contributed by atoms with E-state index in [0.29, 0.717) is 0 Å². The third-order valence-electron chi connectivity index (χ3n) is 7.22. The Kier molecular flexibility index (Phi) is 4.42. The second-order valence-corrected chi connectivity index (χ2v) is 10.6. The molecule has 0 saturated carbocycles. The first-order valence-corrected chi connectivity index (χ1v) is 13.2. The minimum atomic E-state index is 0.892. The van der Waals surface area contributed by atoms with Gasteiger partial charge in [-0.05, 0) is 76.5 Å². The standard InChI is InChI=1S/C34H21NOS/c1-2-6-23-19-31-29(17-22(23)5-1)27-15-14-26(20-32(27)36-31)35-25-12-9-21(10-13-25)24-11-16-34-30(18-24)28-7-3-4-8-33(28)37-34/h1-20,35H. The Bertz CT molecular complexity index is 2110. The van der Waals surface area contributed by atoms with Gasteiger partial charge in [-0.25, -0.2) is 0 Å². The number of fused-ring (bicyclic) bond motifs is 7. The number of hydrogen-bond donors (Lipinski definition) is 1. The van der Waals surface area contributed by atoms with Crippen molar-refractivity contribution < 1.29 is 4.42 Å². The van der Waals surface area contributed by atoms with Crippen LogP contribution >= 0.6 is 11.3 Å². The third-order valence-corrected chi connectivity index (χ3v) is 8.38. The van der Waals surface area contributed by atoms with Gasteiger partial charge >= 0.3 is 0 Å². The highest BCUT2D eigenvalue weighted by Gasteiger charge is 2.10. The number of nitrogens with one attached hydrogen (secondary N) is 1. The predicted octanol–water partition coefficient (Wildman–Crippen LogP) is 10.5. The summed E-state index contributed by atoms with van der Waals surface area (Å²) in [5, 5.41) is 10.9. The van der Waals surface area contributed by atoms with Crippen LogP contribution in [-0.2, 0) is 0 Å². The average molecular weight is 492 g/mol. The maximum atomic E-state index is 6.24. The van der Waals surface area contributed by atoms with Crippen LogP contribution in [0.5, 0.6) is 0 Å². The zero-order valence-corrected chi connectivity index (χ0v) is 20.7. The van der Waals surface area contributed by atoms with Crippen molar-refractivity contribution >= 4 is 75.6 Å². The smallest absolute Gasteiger partial charge is 0.137 e. The zero-order chi connectivity index (χ0) is 24.3. The number of rotatable bonds is 3. The first-order valence-electron chi connectivity index (χ1n) is 12.4. The fourth-order valence-electron chi connectivity index (χ4n) is 5.36. The highest BCUT2D eigenvalue weighted by atomic mass is 32.1. The molecule has 2 aromatic heterocycles. The second-order valence-electron chi connectivity index (χ2n) is 9.52. The van der Waals surface area contributed by atoms with Gasteiger partial charge < -0.3 is 9.73 Å². The van der Waals surface area contributed by atoms with Crippen LogP contribution in [0.25, 0.3) is 64.0 Å². The number of thiophene rings is 1. The summed E-state index contributed by atoms with van der Waals surface area (Å²) >= 11 is 1.85. The fourth-order valence-corrected chi connectivity index (χ4v) is 6.44. The average Bonchev–Trinajstić information content (AvgIpc) is 3.49. The van der Waals surface area contributed by atoms with Gasteiger partial charge in [-0.15, -0.1) is 11.3 Å². The third kappa shape index (κ3) is 3.40. The molecule has 1 N–H and O–H groups in total. The maximum absolute atomic E-state index is 6.24. The summed E-state index contributed by atoms with van der Waals surface area (Å²) in [4.78, 5) is 0. The van der Waals surface area contributed by atoms with E-state index in [4.69, 9.17) is 4.42 Å². The fraction of sp³-hybridized carbons (Fsp3) is 0. The number of anilines is 2. The summed E-state index contributed by atoms with van der Waals surface area (Å²) in [6.45, 7) is 0. The lowest BCUT2D eigenvalue weighted by molar-refractivity contribution is 0.669. The van der Waals surface area contributed by atoms with Crippen molar-refractivity contribution in [1.29, 1.82) is 0 Å². The molecule has 6 aromatic carbocycles. The molecule has 2 heterocycles. The zero-order valence-electron chi connectivity index (χ0n) is 19.9. The largest absolute Gasteiger partial charge is 0.456 e. The Morgan fingerprint density at radius 2 is 1.16 bits per heavy atom. The Balaban J connectivity index is 1.11. The van der Waals surface area contributed by atoms with Gasteiger partial charge in [-0.2, -0.15) is 0 Å². The van der Waals surface area contributed by atoms with E-state index in [2.05, 4.69) is 127 Å². The minimum absolute atomic E-state index is 0.892. The lowest BCUT2D eigenvalue weighted by Crippen LogP contribution is -1.89. The summed E-state index contributed by atoms with van der Waals surface area (Å²) < 4.78 is 8.90. The predicted molar refractivity (Wildman–Crippen MR) is 159 cm³/mol. The highest BCUT2D eigenvalue weighted by Crippen LogP contribution is 2.37. The molecule has 0 aliphatic rings. The molecule has 0 fully saturated rings. The van der Waals surface area contributed by atoms with Crippen LogP contribution in [0.2, 0.25) is 0 Å². The van der Waals surface area contributed by atoms with Crippen LogP contribution in [0.1, 0.15) is 0 Å². The molecule has 3 heteroatoms. The number of benzene rings is 6.